The van der Waals surface area contributed by atoms with Gasteiger partial charge in [0, 0.05) is 0 Å². The number of rotatable bonds is 5. The minimum atomic E-state index is -4.15. The summed E-state index contributed by atoms with van der Waals surface area (Å²) in [5, 5.41) is 0. The van der Waals surface area contributed by atoms with Crippen molar-refractivity contribution in [2.45, 2.75) is 17.0 Å². The molecule has 3 rings (SSSR count). The van der Waals surface area contributed by atoms with Crippen molar-refractivity contribution in [2.24, 2.45) is 0 Å². The molecule has 0 unspecified atom stereocenters. The van der Waals surface area contributed by atoms with Crippen LogP contribution in [0.1, 0.15) is 6.42 Å². The van der Waals surface area contributed by atoms with Gasteiger partial charge < -0.3 is 0 Å². The number of hydrogen-bond donors (Lipinski definition) is 0. The molecule has 0 aliphatic carbocycles. The molecule has 0 radical (unpaired) electrons. The summed E-state index contributed by atoms with van der Waals surface area (Å²) in [5.41, 5.74) is 0. The van der Waals surface area contributed by atoms with E-state index in [-0.39, 0.29) is 4.44 Å². The van der Waals surface area contributed by atoms with Crippen LogP contribution in [0.15, 0.2) is 91.0 Å². The van der Waals surface area contributed by atoms with Gasteiger partial charge in [-0.2, -0.15) is 0 Å². The van der Waals surface area contributed by atoms with Gasteiger partial charge in [-0.1, -0.05) is 0 Å². The Bertz CT molecular complexity index is 687. The third-order valence-corrected chi connectivity index (χ3v) is 18.7. The number of benzene rings is 3. The van der Waals surface area contributed by atoms with E-state index >= 15 is 0 Å². The molecule has 0 heterocycles. The van der Waals surface area contributed by atoms with E-state index in [4.69, 9.17) is 0 Å². The van der Waals surface area contributed by atoms with Crippen LogP contribution in [0.2, 0.25) is 4.44 Å². The zero-order valence-corrected chi connectivity index (χ0v) is 16.6. The summed E-state index contributed by atoms with van der Waals surface area (Å²) in [5.74, 6) is 0. The summed E-state index contributed by atoms with van der Waals surface area (Å²) >= 11 is -3.74. The monoisotopic (exact) mass is 448 g/mol. The van der Waals surface area contributed by atoms with Crippen molar-refractivity contribution in [3.8, 4) is 0 Å². The molecule has 0 spiro atoms. The van der Waals surface area contributed by atoms with Crippen LogP contribution in [-0.4, -0.2) is 24.6 Å². The molecule has 0 aromatic heterocycles. The van der Waals surface area contributed by atoms with Gasteiger partial charge in [0.2, 0.25) is 0 Å². The minimum absolute atomic E-state index is 0.177. The van der Waals surface area contributed by atoms with E-state index < -0.39 is 31.0 Å². The van der Waals surface area contributed by atoms with Gasteiger partial charge >= 0.3 is 150 Å². The Morgan fingerprint density at radius 2 is 0.880 bits per heavy atom. The molecule has 0 saturated carbocycles. The van der Waals surface area contributed by atoms with Crippen LogP contribution in [0.25, 0.3) is 0 Å². The van der Waals surface area contributed by atoms with Gasteiger partial charge in [0.1, 0.15) is 0 Å². The Morgan fingerprint density at radius 1 is 0.560 bits per heavy atom. The first-order chi connectivity index (χ1) is 12.0. The molecular weight excluding hydrogens is 428 g/mol. The van der Waals surface area contributed by atoms with E-state index in [1.54, 1.807) is 0 Å². The van der Waals surface area contributed by atoms with Gasteiger partial charge in [-0.3, -0.25) is 0 Å². The molecule has 0 atom stereocenters. The molecule has 4 heteroatoms. The summed E-state index contributed by atoms with van der Waals surface area (Å²) in [7, 11) is 0. The number of halogens is 3. The van der Waals surface area contributed by atoms with E-state index in [0.29, 0.717) is 0 Å². The van der Waals surface area contributed by atoms with Crippen LogP contribution < -0.4 is 10.7 Å². The first-order valence-corrected chi connectivity index (χ1v) is 14.6. The predicted octanol–water partition coefficient (Wildman–Crippen LogP) is 4.11. The van der Waals surface area contributed by atoms with Gasteiger partial charge in [-0.15, -0.1) is 0 Å². The summed E-state index contributed by atoms with van der Waals surface area (Å²) in [6.45, 7) is 0. The van der Waals surface area contributed by atoms with Crippen LogP contribution in [0, 0.1) is 0 Å². The van der Waals surface area contributed by atoms with E-state index in [0.717, 1.165) is 10.7 Å². The SMILES string of the molecule is FC(F)(F)C[CH2][Sn]([c]1ccccc1)([c]1ccccc1)[c]1ccccc1. The van der Waals surface area contributed by atoms with Gasteiger partial charge in [-0.05, 0) is 0 Å². The standard InChI is InChI=1S/3C6H5.C3H4F3.Sn/c3*1-2-4-6-5-3-1;1-2-3(4,5)6;/h3*1-5H;1-2H2;. The Labute approximate surface area is 150 Å². The zero-order chi connectivity index (χ0) is 17.8. The molecule has 0 aliphatic heterocycles. The van der Waals surface area contributed by atoms with E-state index in [2.05, 4.69) is 0 Å². The van der Waals surface area contributed by atoms with Crippen molar-refractivity contribution >= 4 is 29.1 Å². The fourth-order valence-electron chi connectivity index (χ4n) is 3.43. The second-order valence-corrected chi connectivity index (χ2v) is 17.7. The first kappa shape index (κ1) is 18.1. The van der Waals surface area contributed by atoms with Crippen molar-refractivity contribution in [1.82, 2.24) is 0 Å². The first-order valence-electron chi connectivity index (χ1n) is 8.26. The number of hydrogen-bond acceptors (Lipinski definition) is 0. The van der Waals surface area contributed by atoms with Gasteiger partial charge in [0.15, 0.2) is 0 Å². The Hall–Kier alpha value is -1.75. The third-order valence-electron chi connectivity index (χ3n) is 4.58. The molecule has 0 bridgehead atoms. The Balaban J connectivity index is 2.24. The van der Waals surface area contributed by atoms with Crippen LogP contribution in [-0.2, 0) is 0 Å². The third kappa shape index (κ3) is 4.09. The van der Waals surface area contributed by atoms with E-state index in [1.165, 1.54) is 0 Å². The summed E-state index contributed by atoms with van der Waals surface area (Å²) < 4.78 is 42.9. The molecular formula is C21H19F3Sn. The Kier molecular flexibility index (Phi) is 5.52. The van der Waals surface area contributed by atoms with Crippen LogP contribution in [0.3, 0.4) is 0 Å². The van der Waals surface area contributed by atoms with Crippen molar-refractivity contribution in [1.29, 1.82) is 0 Å². The average molecular weight is 447 g/mol. The molecule has 128 valence electrons. The normalized spacial score (nSPS) is 12.1. The van der Waals surface area contributed by atoms with Crippen molar-refractivity contribution in [2.75, 3.05) is 0 Å². The second-order valence-electron chi connectivity index (χ2n) is 6.12. The molecule has 0 nitrogen and oxygen atoms in total. The van der Waals surface area contributed by atoms with Crippen molar-refractivity contribution in [3.63, 3.8) is 0 Å². The molecule has 0 fully saturated rings. The second kappa shape index (κ2) is 7.65. The maximum absolute atomic E-state index is 13.2. The van der Waals surface area contributed by atoms with E-state index in [1.807, 2.05) is 91.0 Å². The van der Waals surface area contributed by atoms with Gasteiger partial charge in [0.05, 0.1) is 0 Å². The quantitative estimate of drug-likeness (QED) is 0.517. The molecule has 0 amide bonds. The average Bonchev–Trinajstić information content (AvgIpc) is 2.64. The molecule has 25 heavy (non-hydrogen) atoms. The molecule has 3 aromatic rings. The topological polar surface area (TPSA) is 0 Å². The zero-order valence-electron chi connectivity index (χ0n) is 13.7. The fraction of sp³-hybridized carbons (Fsp3) is 0.143. The van der Waals surface area contributed by atoms with Gasteiger partial charge in [0.25, 0.3) is 0 Å². The fourth-order valence-corrected chi connectivity index (χ4v) is 17.2. The Morgan fingerprint density at radius 3 is 1.16 bits per heavy atom. The summed E-state index contributed by atoms with van der Waals surface area (Å²) in [4.78, 5) is 0. The van der Waals surface area contributed by atoms with Crippen LogP contribution in [0.4, 0.5) is 13.2 Å². The predicted molar refractivity (Wildman–Crippen MR) is 99.5 cm³/mol. The molecule has 0 N–H and O–H groups in total. The molecule has 0 saturated heterocycles. The van der Waals surface area contributed by atoms with Crippen LogP contribution in [0.5, 0.6) is 0 Å². The van der Waals surface area contributed by atoms with Crippen molar-refractivity contribution < 1.29 is 13.2 Å². The van der Waals surface area contributed by atoms with Gasteiger partial charge in [-0.25, -0.2) is 0 Å². The molecule has 0 aliphatic rings. The maximum atomic E-state index is 13.2. The van der Waals surface area contributed by atoms with Crippen LogP contribution >= 0.6 is 0 Å². The summed E-state index contributed by atoms with van der Waals surface area (Å²) in [6.07, 6.45) is -4.90. The number of alkyl halides is 3. The molecule has 3 aromatic carbocycles. The van der Waals surface area contributed by atoms with Crippen molar-refractivity contribution in [3.05, 3.63) is 91.0 Å². The summed E-state index contributed by atoms with van der Waals surface area (Å²) in [6, 6.07) is 29.4. The van der Waals surface area contributed by atoms with E-state index in [9.17, 15) is 13.2 Å².